The molecule has 0 bridgehead atoms. The van der Waals surface area contributed by atoms with E-state index in [-0.39, 0.29) is 29.1 Å². The van der Waals surface area contributed by atoms with Gasteiger partial charge >= 0.3 is 0 Å². The Hall–Kier alpha value is -2.62. The van der Waals surface area contributed by atoms with Crippen molar-refractivity contribution in [2.24, 2.45) is 11.8 Å². The molecule has 1 fully saturated rings. The molecule has 4 heteroatoms. The smallest absolute Gasteiger partial charge is 0.228 e. The number of amides is 2. The highest BCUT2D eigenvalue weighted by molar-refractivity contribution is 6.03. The Morgan fingerprint density at radius 3 is 2.00 bits per heavy atom. The molecule has 2 N–H and O–H groups in total. The van der Waals surface area contributed by atoms with Crippen molar-refractivity contribution in [1.82, 2.24) is 0 Å². The van der Waals surface area contributed by atoms with Gasteiger partial charge in [0.15, 0.2) is 0 Å². The summed E-state index contributed by atoms with van der Waals surface area (Å²) >= 11 is 0. The van der Waals surface area contributed by atoms with Crippen molar-refractivity contribution in [1.29, 1.82) is 0 Å². The van der Waals surface area contributed by atoms with Crippen molar-refractivity contribution in [3.8, 4) is 0 Å². The number of rotatable bonds is 4. The first-order chi connectivity index (χ1) is 12.2. The van der Waals surface area contributed by atoms with Crippen molar-refractivity contribution < 1.29 is 9.59 Å². The van der Waals surface area contributed by atoms with Gasteiger partial charge in [-0.1, -0.05) is 45.0 Å². The molecule has 4 nitrogen and oxygen atoms in total. The number of benzene rings is 2. The molecule has 0 aliphatic heterocycles. The van der Waals surface area contributed by atoms with Gasteiger partial charge in [-0.15, -0.1) is 0 Å². The number of carbonyl (C=O) groups excluding carboxylic acids is 2. The lowest BCUT2D eigenvalue weighted by Crippen LogP contribution is -2.20. The van der Waals surface area contributed by atoms with Gasteiger partial charge < -0.3 is 10.6 Å². The Morgan fingerprint density at radius 1 is 0.885 bits per heavy atom. The number of nitrogens with one attached hydrogen (secondary N) is 2. The zero-order chi connectivity index (χ0) is 18.9. The van der Waals surface area contributed by atoms with Crippen molar-refractivity contribution >= 4 is 23.2 Å². The topological polar surface area (TPSA) is 58.2 Å². The van der Waals surface area contributed by atoms with Gasteiger partial charge in [0.05, 0.1) is 11.8 Å². The van der Waals surface area contributed by atoms with Gasteiger partial charge in [0, 0.05) is 11.4 Å². The summed E-state index contributed by atoms with van der Waals surface area (Å²) in [6, 6.07) is 15.6. The Morgan fingerprint density at radius 2 is 1.46 bits per heavy atom. The zero-order valence-corrected chi connectivity index (χ0v) is 15.8. The molecule has 2 aromatic carbocycles. The second-order valence-electron chi connectivity index (χ2n) is 8.12. The van der Waals surface area contributed by atoms with Crippen LogP contribution in [0.2, 0.25) is 0 Å². The van der Waals surface area contributed by atoms with Gasteiger partial charge in [-0.2, -0.15) is 0 Å². The molecule has 1 aliphatic rings. The molecule has 2 unspecified atom stereocenters. The standard InChI is InChI=1S/C22H26N2O2/c1-14-6-5-7-17(12-14)24-21(26)19-13-18(19)20(25)23-16-10-8-15(9-11-16)22(2,3)4/h5-12,18-19H,13H2,1-4H3,(H,23,25)(H,24,26). The molecule has 0 radical (unpaired) electrons. The Kier molecular flexibility index (Phi) is 4.86. The fourth-order valence-electron chi connectivity index (χ4n) is 3.02. The predicted octanol–water partition coefficient (Wildman–Crippen LogP) is 4.51. The molecule has 1 aliphatic carbocycles. The van der Waals surface area contributed by atoms with Crippen LogP contribution in [0.5, 0.6) is 0 Å². The van der Waals surface area contributed by atoms with Crippen LogP contribution in [0.1, 0.15) is 38.3 Å². The molecule has 0 spiro atoms. The number of hydrogen-bond acceptors (Lipinski definition) is 2. The zero-order valence-electron chi connectivity index (χ0n) is 15.8. The Balaban J connectivity index is 1.54. The van der Waals surface area contributed by atoms with Crippen molar-refractivity contribution in [2.45, 2.75) is 39.5 Å². The normalized spacial score (nSPS) is 18.9. The Bertz CT molecular complexity index is 819. The van der Waals surface area contributed by atoms with Crippen LogP contribution in [0.15, 0.2) is 48.5 Å². The highest BCUT2D eigenvalue weighted by atomic mass is 16.2. The monoisotopic (exact) mass is 350 g/mol. The van der Waals surface area contributed by atoms with E-state index in [1.807, 2.05) is 55.5 Å². The van der Waals surface area contributed by atoms with E-state index < -0.39 is 0 Å². The lowest BCUT2D eigenvalue weighted by molar-refractivity contribution is -0.122. The van der Waals surface area contributed by atoms with Crippen LogP contribution in [0.4, 0.5) is 11.4 Å². The second-order valence-corrected chi connectivity index (χ2v) is 8.12. The summed E-state index contributed by atoms with van der Waals surface area (Å²) < 4.78 is 0. The van der Waals surface area contributed by atoms with Crippen LogP contribution < -0.4 is 10.6 Å². The van der Waals surface area contributed by atoms with Gasteiger partial charge in [-0.25, -0.2) is 0 Å². The van der Waals surface area contributed by atoms with E-state index in [4.69, 9.17) is 0 Å². The molecule has 26 heavy (non-hydrogen) atoms. The van der Waals surface area contributed by atoms with Crippen LogP contribution >= 0.6 is 0 Å². The average Bonchev–Trinajstić information content (AvgIpc) is 3.35. The molecule has 0 aromatic heterocycles. The third kappa shape index (κ3) is 4.31. The maximum atomic E-state index is 12.4. The number of hydrogen-bond donors (Lipinski definition) is 2. The minimum atomic E-state index is -0.248. The summed E-state index contributed by atoms with van der Waals surface area (Å²) in [5, 5.41) is 5.82. The van der Waals surface area contributed by atoms with E-state index in [1.54, 1.807) is 0 Å². The summed E-state index contributed by atoms with van der Waals surface area (Å²) in [6.07, 6.45) is 0.601. The summed E-state index contributed by atoms with van der Waals surface area (Å²) in [5.41, 5.74) is 3.94. The maximum Gasteiger partial charge on any atom is 0.228 e. The molecular weight excluding hydrogens is 324 g/mol. The first-order valence-corrected chi connectivity index (χ1v) is 9.03. The molecule has 2 aromatic rings. The number of aryl methyl sites for hydroxylation is 1. The fourth-order valence-corrected chi connectivity index (χ4v) is 3.02. The molecule has 1 saturated carbocycles. The third-order valence-electron chi connectivity index (χ3n) is 4.77. The predicted molar refractivity (Wildman–Crippen MR) is 105 cm³/mol. The molecule has 2 atom stereocenters. The van der Waals surface area contributed by atoms with Crippen molar-refractivity contribution in [2.75, 3.05) is 10.6 Å². The van der Waals surface area contributed by atoms with E-state index in [0.717, 1.165) is 16.9 Å². The summed E-state index contributed by atoms with van der Waals surface area (Å²) in [4.78, 5) is 24.7. The first kappa shape index (κ1) is 18.2. The summed E-state index contributed by atoms with van der Waals surface area (Å²) in [5.74, 6) is -0.664. The van der Waals surface area contributed by atoms with Gasteiger partial charge in [0.2, 0.25) is 11.8 Å². The minimum absolute atomic E-state index is 0.0814. The van der Waals surface area contributed by atoms with Gasteiger partial charge in [0.25, 0.3) is 0 Å². The lowest BCUT2D eigenvalue weighted by Gasteiger charge is -2.19. The maximum absolute atomic E-state index is 12.4. The van der Waals surface area contributed by atoms with E-state index in [9.17, 15) is 9.59 Å². The molecule has 3 rings (SSSR count). The Labute approximate surface area is 155 Å². The van der Waals surface area contributed by atoms with Gasteiger partial charge in [-0.05, 0) is 54.2 Å². The van der Waals surface area contributed by atoms with Crippen LogP contribution in [0.25, 0.3) is 0 Å². The molecule has 136 valence electrons. The highest BCUT2D eigenvalue weighted by Gasteiger charge is 2.48. The third-order valence-corrected chi connectivity index (χ3v) is 4.77. The largest absolute Gasteiger partial charge is 0.326 e. The minimum Gasteiger partial charge on any atom is -0.326 e. The van der Waals surface area contributed by atoms with Crippen molar-refractivity contribution in [3.05, 3.63) is 59.7 Å². The average molecular weight is 350 g/mol. The van der Waals surface area contributed by atoms with E-state index in [2.05, 4.69) is 31.4 Å². The SMILES string of the molecule is Cc1cccc(NC(=O)C2CC2C(=O)Nc2ccc(C(C)(C)C)cc2)c1. The second kappa shape index (κ2) is 6.94. The van der Waals surface area contributed by atoms with Gasteiger partial charge in [-0.3, -0.25) is 9.59 Å². The molecule has 0 saturated heterocycles. The first-order valence-electron chi connectivity index (χ1n) is 9.03. The fraction of sp³-hybridized carbons (Fsp3) is 0.364. The summed E-state index contributed by atoms with van der Waals surface area (Å²) in [6.45, 7) is 8.45. The molecular formula is C22H26N2O2. The van der Waals surface area contributed by atoms with Crippen molar-refractivity contribution in [3.63, 3.8) is 0 Å². The van der Waals surface area contributed by atoms with Crippen LogP contribution in [-0.2, 0) is 15.0 Å². The van der Waals surface area contributed by atoms with E-state index in [0.29, 0.717) is 6.42 Å². The van der Waals surface area contributed by atoms with Gasteiger partial charge in [0.1, 0.15) is 0 Å². The lowest BCUT2D eigenvalue weighted by atomic mass is 9.87. The quantitative estimate of drug-likeness (QED) is 0.852. The highest BCUT2D eigenvalue weighted by Crippen LogP contribution is 2.40. The number of carbonyl (C=O) groups is 2. The van der Waals surface area contributed by atoms with Crippen LogP contribution in [-0.4, -0.2) is 11.8 Å². The van der Waals surface area contributed by atoms with E-state index in [1.165, 1.54) is 5.56 Å². The summed E-state index contributed by atoms with van der Waals surface area (Å²) in [7, 11) is 0. The number of anilines is 2. The van der Waals surface area contributed by atoms with Crippen LogP contribution in [0, 0.1) is 18.8 Å². The molecule has 0 heterocycles. The van der Waals surface area contributed by atoms with Crippen LogP contribution in [0.3, 0.4) is 0 Å². The van der Waals surface area contributed by atoms with E-state index >= 15 is 0 Å². The molecule has 2 amide bonds.